The first-order chi connectivity index (χ1) is 10.1. The minimum atomic E-state index is 0.691. The summed E-state index contributed by atoms with van der Waals surface area (Å²) in [5, 5.41) is 3.41. The molecule has 0 spiro atoms. The summed E-state index contributed by atoms with van der Waals surface area (Å²) < 4.78 is 5.89. The fourth-order valence-electron chi connectivity index (χ4n) is 3.17. The summed E-state index contributed by atoms with van der Waals surface area (Å²) in [6.45, 7) is 9.57. The molecule has 4 nitrogen and oxygen atoms in total. The molecule has 1 aliphatic rings. The van der Waals surface area contributed by atoms with Crippen LogP contribution in [-0.4, -0.2) is 49.6 Å². The van der Waals surface area contributed by atoms with E-state index >= 15 is 0 Å². The SMILES string of the molecule is CCCNCc1cc(CN2CCCC2CN(C)C)c(C)o1. The lowest BCUT2D eigenvalue weighted by Gasteiger charge is -2.26. The monoisotopic (exact) mass is 293 g/mol. The van der Waals surface area contributed by atoms with Crippen LogP contribution in [0.2, 0.25) is 0 Å². The van der Waals surface area contributed by atoms with Gasteiger partial charge in [0, 0.05) is 24.7 Å². The molecule has 1 aromatic rings. The summed E-state index contributed by atoms with van der Waals surface area (Å²) in [4.78, 5) is 4.91. The van der Waals surface area contributed by atoms with Crippen LogP contribution >= 0.6 is 0 Å². The summed E-state index contributed by atoms with van der Waals surface area (Å²) in [5.41, 5.74) is 1.36. The molecule has 0 aromatic carbocycles. The molecule has 0 aliphatic carbocycles. The number of hydrogen-bond acceptors (Lipinski definition) is 4. The third-order valence-electron chi connectivity index (χ3n) is 4.25. The van der Waals surface area contributed by atoms with E-state index in [9.17, 15) is 0 Å². The van der Waals surface area contributed by atoms with Gasteiger partial charge in [0.25, 0.3) is 0 Å². The molecule has 0 bridgehead atoms. The van der Waals surface area contributed by atoms with E-state index in [0.717, 1.165) is 44.1 Å². The average molecular weight is 293 g/mol. The molecule has 1 unspecified atom stereocenters. The number of nitrogens with zero attached hydrogens (tertiary/aromatic N) is 2. The van der Waals surface area contributed by atoms with E-state index in [4.69, 9.17) is 4.42 Å². The minimum Gasteiger partial charge on any atom is -0.465 e. The van der Waals surface area contributed by atoms with E-state index in [1.54, 1.807) is 0 Å². The molecular weight excluding hydrogens is 262 g/mol. The van der Waals surface area contributed by atoms with Crippen molar-refractivity contribution in [2.75, 3.05) is 33.7 Å². The van der Waals surface area contributed by atoms with Gasteiger partial charge < -0.3 is 14.6 Å². The zero-order chi connectivity index (χ0) is 15.2. The summed E-state index contributed by atoms with van der Waals surface area (Å²) in [6, 6.07) is 2.93. The predicted molar refractivity (Wildman–Crippen MR) is 87.4 cm³/mol. The highest BCUT2D eigenvalue weighted by Crippen LogP contribution is 2.23. The normalized spacial score (nSPS) is 19.8. The van der Waals surface area contributed by atoms with E-state index in [1.807, 2.05) is 0 Å². The van der Waals surface area contributed by atoms with Crippen LogP contribution in [0.3, 0.4) is 0 Å². The Balaban J connectivity index is 1.92. The van der Waals surface area contributed by atoms with Gasteiger partial charge in [0.15, 0.2) is 0 Å². The van der Waals surface area contributed by atoms with Gasteiger partial charge in [-0.15, -0.1) is 0 Å². The summed E-state index contributed by atoms with van der Waals surface area (Å²) in [5.74, 6) is 2.15. The van der Waals surface area contributed by atoms with Crippen LogP contribution in [0.25, 0.3) is 0 Å². The first kappa shape index (κ1) is 16.5. The van der Waals surface area contributed by atoms with Crippen molar-refractivity contribution in [1.82, 2.24) is 15.1 Å². The first-order valence-corrected chi connectivity index (χ1v) is 8.27. The van der Waals surface area contributed by atoms with Crippen molar-refractivity contribution in [3.63, 3.8) is 0 Å². The Morgan fingerprint density at radius 1 is 1.43 bits per heavy atom. The molecule has 21 heavy (non-hydrogen) atoms. The molecule has 2 heterocycles. The highest BCUT2D eigenvalue weighted by atomic mass is 16.3. The van der Waals surface area contributed by atoms with Crippen molar-refractivity contribution in [3.05, 3.63) is 23.2 Å². The molecule has 120 valence electrons. The Labute approximate surface area is 129 Å². The Kier molecular flexibility index (Phi) is 6.27. The van der Waals surface area contributed by atoms with Gasteiger partial charge in [-0.1, -0.05) is 6.92 Å². The third-order valence-corrected chi connectivity index (χ3v) is 4.25. The van der Waals surface area contributed by atoms with Crippen molar-refractivity contribution in [1.29, 1.82) is 0 Å². The van der Waals surface area contributed by atoms with Gasteiger partial charge in [0.05, 0.1) is 6.54 Å². The maximum atomic E-state index is 5.89. The van der Waals surface area contributed by atoms with Crippen LogP contribution in [0, 0.1) is 6.92 Å². The van der Waals surface area contributed by atoms with Crippen LogP contribution in [-0.2, 0) is 13.1 Å². The summed E-state index contributed by atoms with van der Waals surface area (Å²) in [7, 11) is 4.33. The van der Waals surface area contributed by atoms with Gasteiger partial charge in [0.2, 0.25) is 0 Å². The van der Waals surface area contributed by atoms with Crippen molar-refractivity contribution in [2.45, 2.75) is 52.2 Å². The third kappa shape index (κ3) is 4.83. The van der Waals surface area contributed by atoms with Crippen LogP contribution in [0.15, 0.2) is 10.5 Å². The fraction of sp³-hybridized carbons (Fsp3) is 0.765. The zero-order valence-electron chi connectivity index (χ0n) is 14.1. The summed E-state index contributed by atoms with van der Waals surface area (Å²) in [6.07, 6.45) is 3.80. The van der Waals surface area contributed by atoms with Gasteiger partial charge in [-0.05, 0) is 59.4 Å². The van der Waals surface area contributed by atoms with E-state index < -0.39 is 0 Å². The number of hydrogen-bond donors (Lipinski definition) is 1. The second kappa shape index (κ2) is 7.97. The van der Waals surface area contributed by atoms with Gasteiger partial charge >= 0.3 is 0 Å². The number of likely N-dealkylation sites (N-methyl/N-ethyl adjacent to an activating group) is 1. The molecular formula is C17H31N3O. The molecule has 1 saturated heterocycles. The molecule has 4 heteroatoms. The number of likely N-dealkylation sites (tertiary alicyclic amines) is 1. The van der Waals surface area contributed by atoms with Crippen molar-refractivity contribution < 1.29 is 4.42 Å². The number of rotatable bonds is 8. The van der Waals surface area contributed by atoms with E-state index in [1.165, 1.54) is 24.9 Å². The fourth-order valence-corrected chi connectivity index (χ4v) is 3.17. The van der Waals surface area contributed by atoms with E-state index in [-0.39, 0.29) is 0 Å². The lowest BCUT2D eigenvalue weighted by Crippen LogP contribution is -2.37. The van der Waals surface area contributed by atoms with E-state index in [0.29, 0.717) is 6.04 Å². The molecule has 0 saturated carbocycles. The Bertz CT molecular complexity index is 428. The van der Waals surface area contributed by atoms with Crippen molar-refractivity contribution in [3.8, 4) is 0 Å². The topological polar surface area (TPSA) is 31.6 Å². The van der Waals surface area contributed by atoms with E-state index in [2.05, 4.69) is 49.1 Å². The Hall–Kier alpha value is -0.840. The second-order valence-corrected chi connectivity index (χ2v) is 6.50. The molecule has 1 fully saturated rings. The highest BCUT2D eigenvalue weighted by Gasteiger charge is 2.25. The first-order valence-electron chi connectivity index (χ1n) is 8.27. The van der Waals surface area contributed by atoms with Gasteiger partial charge in [-0.2, -0.15) is 0 Å². The smallest absolute Gasteiger partial charge is 0.118 e. The minimum absolute atomic E-state index is 0.691. The summed E-state index contributed by atoms with van der Waals surface area (Å²) >= 11 is 0. The maximum absolute atomic E-state index is 5.89. The molecule has 0 amide bonds. The highest BCUT2D eigenvalue weighted by molar-refractivity contribution is 5.21. The lowest BCUT2D eigenvalue weighted by atomic mass is 10.2. The number of aryl methyl sites for hydroxylation is 1. The largest absolute Gasteiger partial charge is 0.465 e. The number of furan rings is 1. The zero-order valence-corrected chi connectivity index (χ0v) is 14.1. The molecule has 2 rings (SSSR count). The van der Waals surface area contributed by atoms with Gasteiger partial charge in [-0.3, -0.25) is 4.90 Å². The standard InChI is InChI=1S/C17H31N3O/c1-5-8-18-11-17-10-15(14(2)21-17)12-20-9-6-7-16(20)13-19(3)4/h10,16,18H,5-9,11-13H2,1-4H3. The van der Waals surface area contributed by atoms with Crippen LogP contribution in [0.5, 0.6) is 0 Å². The molecule has 1 N–H and O–H groups in total. The quantitative estimate of drug-likeness (QED) is 0.747. The van der Waals surface area contributed by atoms with Crippen molar-refractivity contribution >= 4 is 0 Å². The van der Waals surface area contributed by atoms with Gasteiger partial charge in [0.1, 0.15) is 11.5 Å². The number of nitrogens with one attached hydrogen (secondary N) is 1. The maximum Gasteiger partial charge on any atom is 0.118 e. The average Bonchev–Trinajstić information content (AvgIpc) is 2.98. The Morgan fingerprint density at radius 2 is 2.24 bits per heavy atom. The predicted octanol–water partition coefficient (Wildman–Crippen LogP) is 2.61. The van der Waals surface area contributed by atoms with Crippen LogP contribution in [0.4, 0.5) is 0 Å². The lowest BCUT2D eigenvalue weighted by molar-refractivity contribution is 0.200. The molecule has 1 aromatic heterocycles. The Morgan fingerprint density at radius 3 is 2.95 bits per heavy atom. The van der Waals surface area contributed by atoms with Gasteiger partial charge in [-0.25, -0.2) is 0 Å². The molecule has 0 radical (unpaired) electrons. The van der Waals surface area contributed by atoms with Crippen molar-refractivity contribution in [2.24, 2.45) is 0 Å². The second-order valence-electron chi connectivity index (χ2n) is 6.50. The molecule has 1 atom stereocenters. The van der Waals surface area contributed by atoms with Crippen LogP contribution in [0.1, 0.15) is 43.3 Å². The molecule has 1 aliphatic heterocycles. The van der Waals surface area contributed by atoms with Crippen LogP contribution < -0.4 is 5.32 Å².